The van der Waals surface area contributed by atoms with E-state index in [-0.39, 0.29) is 5.91 Å². The summed E-state index contributed by atoms with van der Waals surface area (Å²) in [5.74, 6) is 1.39. The number of hydrogen-bond acceptors (Lipinski definition) is 6. The summed E-state index contributed by atoms with van der Waals surface area (Å²) >= 11 is 0. The van der Waals surface area contributed by atoms with Crippen LogP contribution in [0.1, 0.15) is 26.2 Å². The number of carbonyl (C=O) groups excluding carboxylic acids is 1. The Morgan fingerprint density at radius 2 is 2.04 bits per heavy atom. The van der Waals surface area contributed by atoms with E-state index in [2.05, 4.69) is 32.1 Å². The minimum Gasteiger partial charge on any atom is -0.340 e. The maximum absolute atomic E-state index is 12.8. The van der Waals surface area contributed by atoms with E-state index in [9.17, 15) is 4.79 Å². The van der Waals surface area contributed by atoms with Gasteiger partial charge in [0, 0.05) is 18.3 Å². The average Bonchev–Trinajstić information content (AvgIpc) is 3.21. The van der Waals surface area contributed by atoms with Gasteiger partial charge in [-0.1, -0.05) is 37.3 Å². The summed E-state index contributed by atoms with van der Waals surface area (Å²) < 4.78 is 0. The van der Waals surface area contributed by atoms with Gasteiger partial charge in [-0.05, 0) is 19.3 Å². The van der Waals surface area contributed by atoms with E-state index in [0.29, 0.717) is 11.5 Å². The molecule has 2 aliphatic heterocycles. The lowest BCUT2D eigenvalue weighted by molar-refractivity contribution is -0.121. The van der Waals surface area contributed by atoms with Crippen LogP contribution in [0.5, 0.6) is 0 Å². The van der Waals surface area contributed by atoms with Gasteiger partial charge in [0.25, 0.3) is 0 Å². The van der Waals surface area contributed by atoms with Crippen LogP contribution in [-0.4, -0.2) is 37.9 Å². The highest BCUT2D eigenvalue weighted by Crippen LogP contribution is 2.44. The molecule has 1 aromatic carbocycles. The van der Waals surface area contributed by atoms with Gasteiger partial charge < -0.3 is 10.2 Å². The van der Waals surface area contributed by atoms with Crippen LogP contribution in [0.3, 0.4) is 0 Å². The molecule has 1 fully saturated rings. The Hall–Kier alpha value is -3.35. The summed E-state index contributed by atoms with van der Waals surface area (Å²) in [6.07, 6.45) is 7.54. The largest absolute Gasteiger partial charge is 0.340 e. The number of hydrogen-bond donors (Lipinski definition) is 1. The number of rotatable bonds is 3. The molecule has 1 amide bonds. The van der Waals surface area contributed by atoms with Crippen molar-refractivity contribution in [1.29, 1.82) is 0 Å². The molecule has 2 aliphatic rings. The van der Waals surface area contributed by atoms with Crippen molar-refractivity contribution in [3.63, 3.8) is 0 Å². The summed E-state index contributed by atoms with van der Waals surface area (Å²) in [6, 6.07) is 9.94. The fraction of sp³-hybridized carbons (Fsp3) is 0.286. The lowest BCUT2D eigenvalue weighted by Gasteiger charge is -2.41. The van der Waals surface area contributed by atoms with E-state index in [1.54, 1.807) is 12.4 Å². The van der Waals surface area contributed by atoms with Crippen LogP contribution < -0.4 is 10.2 Å². The Morgan fingerprint density at radius 1 is 1.18 bits per heavy atom. The van der Waals surface area contributed by atoms with Crippen molar-refractivity contribution in [1.82, 2.24) is 19.9 Å². The van der Waals surface area contributed by atoms with E-state index in [1.165, 1.54) is 6.33 Å². The maximum Gasteiger partial charge on any atom is 0.250 e. The quantitative estimate of drug-likeness (QED) is 0.759. The number of benzene rings is 1. The molecule has 0 spiro atoms. The van der Waals surface area contributed by atoms with Crippen molar-refractivity contribution in [2.24, 2.45) is 0 Å². The molecule has 140 valence electrons. The Kier molecular flexibility index (Phi) is 3.82. The molecular formula is C21H20N6O. The molecule has 0 radical (unpaired) electrons. The molecule has 1 N–H and O–H groups in total. The topological polar surface area (TPSA) is 83.9 Å². The average molecular weight is 372 g/mol. The molecule has 28 heavy (non-hydrogen) atoms. The van der Waals surface area contributed by atoms with Gasteiger partial charge in [0.1, 0.15) is 17.6 Å². The van der Waals surface area contributed by atoms with Gasteiger partial charge in [-0.15, -0.1) is 0 Å². The van der Waals surface area contributed by atoms with Crippen LogP contribution in [0.2, 0.25) is 0 Å². The molecule has 1 saturated heterocycles. The smallest absolute Gasteiger partial charge is 0.250 e. The molecule has 0 saturated carbocycles. The molecular weight excluding hydrogens is 352 g/mol. The third-order valence-corrected chi connectivity index (χ3v) is 5.77. The second kappa shape index (κ2) is 6.37. The van der Waals surface area contributed by atoms with Crippen molar-refractivity contribution in [3.8, 4) is 22.6 Å². The monoisotopic (exact) mass is 372 g/mol. The highest BCUT2D eigenvalue weighted by atomic mass is 16.2. The molecule has 1 atom stereocenters. The van der Waals surface area contributed by atoms with Gasteiger partial charge in [-0.3, -0.25) is 4.79 Å². The van der Waals surface area contributed by atoms with Crippen molar-refractivity contribution in [2.75, 3.05) is 16.8 Å². The van der Waals surface area contributed by atoms with E-state index in [1.807, 2.05) is 30.3 Å². The molecule has 0 bridgehead atoms. The second-order valence-electron chi connectivity index (χ2n) is 7.18. The molecule has 5 rings (SSSR count). The zero-order valence-electron chi connectivity index (χ0n) is 15.6. The Bertz CT molecular complexity index is 1050. The normalized spacial score (nSPS) is 20.5. The number of anilines is 2. The van der Waals surface area contributed by atoms with Crippen molar-refractivity contribution in [2.45, 2.75) is 31.7 Å². The number of carbonyl (C=O) groups is 1. The third-order valence-electron chi connectivity index (χ3n) is 5.77. The predicted octanol–water partition coefficient (Wildman–Crippen LogP) is 3.30. The first kappa shape index (κ1) is 16.8. The van der Waals surface area contributed by atoms with Crippen LogP contribution in [-0.2, 0) is 4.79 Å². The SMILES string of the molecule is CC[C@@]12CCCN1c1nc(-c3cncnc3-c3ccccc3)ncc1NC2=O. The molecule has 2 aromatic heterocycles. The van der Waals surface area contributed by atoms with Crippen molar-refractivity contribution < 1.29 is 4.79 Å². The standard InChI is InChI=1S/C21H20N6O/c1-2-21-9-6-10-27(21)19-16(25-20(21)28)12-23-18(26-19)15-11-22-13-24-17(15)14-7-4-3-5-8-14/h3-5,7-8,11-13H,2,6,9-10H2,1H3,(H,25,28)/t21-/m0/s1. The number of aromatic nitrogens is 4. The minimum absolute atomic E-state index is 0.0457. The molecule has 0 unspecified atom stereocenters. The van der Waals surface area contributed by atoms with Gasteiger partial charge >= 0.3 is 0 Å². The summed E-state index contributed by atoms with van der Waals surface area (Å²) in [6.45, 7) is 2.88. The molecule has 7 nitrogen and oxygen atoms in total. The lowest BCUT2D eigenvalue weighted by atomic mass is 9.90. The van der Waals surface area contributed by atoms with E-state index >= 15 is 0 Å². The van der Waals surface area contributed by atoms with E-state index in [0.717, 1.165) is 48.4 Å². The van der Waals surface area contributed by atoms with Crippen molar-refractivity contribution in [3.05, 3.63) is 49.1 Å². The Labute approximate surface area is 162 Å². The molecule has 3 aromatic rings. The number of nitrogens with zero attached hydrogens (tertiary/aromatic N) is 5. The van der Waals surface area contributed by atoms with Gasteiger partial charge in [-0.25, -0.2) is 19.9 Å². The number of nitrogens with one attached hydrogen (secondary N) is 1. The Morgan fingerprint density at radius 3 is 2.86 bits per heavy atom. The second-order valence-corrected chi connectivity index (χ2v) is 7.18. The molecule has 0 aliphatic carbocycles. The summed E-state index contributed by atoms with van der Waals surface area (Å²) in [5, 5.41) is 3.01. The van der Waals surface area contributed by atoms with Crippen LogP contribution >= 0.6 is 0 Å². The lowest BCUT2D eigenvalue weighted by Crippen LogP contribution is -2.56. The first-order valence-corrected chi connectivity index (χ1v) is 9.55. The van der Waals surface area contributed by atoms with E-state index in [4.69, 9.17) is 4.98 Å². The zero-order chi connectivity index (χ0) is 19.1. The fourth-order valence-electron chi connectivity index (χ4n) is 4.31. The third kappa shape index (κ3) is 2.39. The number of fused-ring (bicyclic) bond motifs is 3. The maximum atomic E-state index is 12.8. The van der Waals surface area contributed by atoms with Crippen LogP contribution in [0, 0.1) is 0 Å². The van der Waals surface area contributed by atoms with Gasteiger partial charge in [0.15, 0.2) is 11.6 Å². The molecule has 4 heterocycles. The highest BCUT2D eigenvalue weighted by molar-refractivity contribution is 6.06. The fourth-order valence-corrected chi connectivity index (χ4v) is 4.31. The van der Waals surface area contributed by atoms with Gasteiger partial charge in [0.05, 0.1) is 17.5 Å². The van der Waals surface area contributed by atoms with Gasteiger partial charge in [0.2, 0.25) is 5.91 Å². The van der Waals surface area contributed by atoms with Crippen molar-refractivity contribution >= 4 is 17.4 Å². The Balaban J connectivity index is 1.64. The van der Waals surface area contributed by atoms with Crippen LogP contribution in [0.4, 0.5) is 11.5 Å². The predicted molar refractivity (Wildman–Crippen MR) is 107 cm³/mol. The summed E-state index contributed by atoms with van der Waals surface area (Å²) in [5.41, 5.74) is 2.71. The van der Waals surface area contributed by atoms with Crippen LogP contribution in [0.15, 0.2) is 49.1 Å². The van der Waals surface area contributed by atoms with Crippen LogP contribution in [0.25, 0.3) is 22.6 Å². The highest BCUT2D eigenvalue weighted by Gasteiger charge is 2.50. The first-order valence-electron chi connectivity index (χ1n) is 9.55. The first-order chi connectivity index (χ1) is 13.7. The zero-order valence-corrected chi connectivity index (χ0v) is 15.6. The summed E-state index contributed by atoms with van der Waals surface area (Å²) in [4.78, 5) is 32.9. The number of amides is 1. The minimum atomic E-state index is -0.506. The summed E-state index contributed by atoms with van der Waals surface area (Å²) in [7, 11) is 0. The molecule has 7 heteroatoms. The van der Waals surface area contributed by atoms with E-state index < -0.39 is 5.54 Å². The van der Waals surface area contributed by atoms with Gasteiger partial charge in [-0.2, -0.15) is 0 Å².